The van der Waals surface area contributed by atoms with E-state index in [9.17, 15) is 18.8 Å². The number of nitrogens with zero attached hydrogens (tertiary/aromatic N) is 1. The molecule has 2 amide bonds. The standard InChI is InChI=1S/C25H30FN3O5/c1-18(30)23(10-11-29-12-14-33-15-13-29)28-25(32)34-17-20-4-8-22(9-5-20)27-24(31)16-19-2-6-21(26)7-3-19/h2-9,23H,10-17H2,1H3,(H,27,31)(H,28,32)/t23-/m0/s1. The summed E-state index contributed by atoms with van der Waals surface area (Å²) in [6.07, 6.45) is -0.0101. The monoisotopic (exact) mass is 471 g/mol. The van der Waals surface area contributed by atoms with Crippen molar-refractivity contribution >= 4 is 23.5 Å². The first kappa shape index (κ1) is 25.3. The van der Waals surface area contributed by atoms with Crippen LogP contribution in [0.25, 0.3) is 0 Å². The number of hydrogen-bond acceptors (Lipinski definition) is 6. The molecule has 0 aromatic heterocycles. The zero-order valence-corrected chi connectivity index (χ0v) is 19.2. The second-order valence-corrected chi connectivity index (χ2v) is 8.17. The van der Waals surface area contributed by atoms with Crippen molar-refractivity contribution in [2.24, 2.45) is 0 Å². The fraction of sp³-hybridized carbons (Fsp3) is 0.400. The van der Waals surface area contributed by atoms with Gasteiger partial charge in [-0.3, -0.25) is 14.5 Å². The van der Waals surface area contributed by atoms with Gasteiger partial charge in [0.25, 0.3) is 0 Å². The third kappa shape index (κ3) is 8.57. The van der Waals surface area contributed by atoms with Gasteiger partial charge in [-0.2, -0.15) is 0 Å². The number of morpholine rings is 1. The van der Waals surface area contributed by atoms with E-state index < -0.39 is 12.1 Å². The highest BCUT2D eigenvalue weighted by atomic mass is 19.1. The van der Waals surface area contributed by atoms with E-state index in [1.807, 2.05) is 0 Å². The fourth-order valence-corrected chi connectivity index (χ4v) is 3.52. The Morgan fingerprint density at radius 2 is 1.68 bits per heavy atom. The quantitative estimate of drug-likeness (QED) is 0.553. The first-order valence-electron chi connectivity index (χ1n) is 11.3. The molecular formula is C25H30FN3O5. The van der Waals surface area contributed by atoms with Gasteiger partial charge in [0.2, 0.25) is 5.91 Å². The van der Waals surface area contributed by atoms with Gasteiger partial charge < -0.3 is 20.1 Å². The molecule has 2 N–H and O–H groups in total. The molecule has 1 saturated heterocycles. The molecule has 3 rings (SSSR count). The minimum atomic E-state index is -0.654. The normalized spacial score (nSPS) is 14.8. The largest absolute Gasteiger partial charge is 0.445 e. The highest BCUT2D eigenvalue weighted by Crippen LogP contribution is 2.12. The molecule has 0 unspecified atom stereocenters. The van der Waals surface area contributed by atoms with Crippen LogP contribution in [0.5, 0.6) is 0 Å². The molecule has 1 atom stereocenters. The highest BCUT2D eigenvalue weighted by Gasteiger charge is 2.20. The van der Waals surface area contributed by atoms with Gasteiger partial charge in [0.15, 0.2) is 5.78 Å². The van der Waals surface area contributed by atoms with E-state index in [1.54, 1.807) is 36.4 Å². The molecule has 0 aliphatic carbocycles. The predicted molar refractivity (Wildman–Crippen MR) is 125 cm³/mol. The molecule has 34 heavy (non-hydrogen) atoms. The Hall–Kier alpha value is -3.30. The molecular weight excluding hydrogens is 441 g/mol. The lowest BCUT2D eigenvalue weighted by molar-refractivity contribution is -0.119. The Balaban J connectivity index is 1.40. The molecule has 2 aromatic rings. The molecule has 1 fully saturated rings. The van der Waals surface area contributed by atoms with Crippen LogP contribution in [-0.4, -0.2) is 61.6 Å². The topological polar surface area (TPSA) is 97.0 Å². The molecule has 0 radical (unpaired) electrons. The summed E-state index contributed by atoms with van der Waals surface area (Å²) in [4.78, 5) is 38.5. The maximum atomic E-state index is 13.0. The molecule has 182 valence electrons. The highest BCUT2D eigenvalue weighted by molar-refractivity contribution is 5.92. The van der Waals surface area contributed by atoms with Crippen molar-refractivity contribution in [1.82, 2.24) is 10.2 Å². The zero-order chi connectivity index (χ0) is 24.3. The maximum Gasteiger partial charge on any atom is 0.408 e. The zero-order valence-electron chi connectivity index (χ0n) is 19.2. The van der Waals surface area contributed by atoms with Crippen LogP contribution in [0.1, 0.15) is 24.5 Å². The van der Waals surface area contributed by atoms with Gasteiger partial charge in [-0.15, -0.1) is 0 Å². The first-order chi connectivity index (χ1) is 16.4. The number of ether oxygens (including phenoxy) is 2. The smallest absolute Gasteiger partial charge is 0.408 e. The van der Waals surface area contributed by atoms with Crippen molar-refractivity contribution in [2.75, 3.05) is 38.2 Å². The van der Waals surface area contributed by atoms with Crippen LogP contribution < -0.4 is 10.6 Å². The van der Waals surface area contributed by atoms with E-state index in [0.717, 1.165) is 18.7 Å². The van der Waals surface area contributed by atoms with E-state index in [2.05, 4.69) is 15.5 Å². The number of anilines is 1. The number of carbonyl (C=O) groups excluding carboxylic acids is 3. The van der Waals surface area contributed by atoms with E-state index in [-0.39, 0.29) is 30.5 Å². The van der Waals surface area contributed by atoms with Crippen molar-refractivity contribution < 1.29 is 28.2 Å². The van der Waals surface area contributed by atoms with Gasteiger partial charge in [0.1, 0.15) is 12.4 Å². The minimum absolute atomic E-state index is 0.0315. The number of nitrogens with one attached hydrogen (secondary N) is 2. The number of amides is 2. The van der Waals surface area contributed by atoms with Crippen molar-refractivity contribution in [3.63, 3.8) is 0 Å². The van der Waals surface area contributed by atoms with E-state index in [4.69, 9.17) is 9.47 Å². The molecule has 0 spiro atoms. The summed E-state index contributed by atoms with van der Waals surface area (Å²) in [6, 6.07) is 12.1. The van der Waals surface area contributed by atoms with Crippen LogP contribution in [0.3, 0.4) is 0 Å². The number of Topliss-reactive ketones (excluding diaryl/α,β-unsaturated/α-hetero) is 1. The average Bonchev–Trinajstić information content (AvgIpc) is 2.83. The SMILES string of the molecule is CC(=O)[C@H](CCN1CCOCC1)NC(=O)OCc1ccc(NC(=O)Cc2ccc(F)cc2)cc1. The molecule has 8 nitrogen and oxygen atoms in total. The van der Waals surface area contributed by atoms with Crippen LogP contribution in [0.2, 0.25) is 0 Å². The summed E-state index contributed by atoms with van der Waals surface area (Å²) in [5.41, 5.74) is 2.04. The number of ketones is 1. The summed E-state index contributed by atoms with van der Waals surface area (Å²) in [7, 11) is 0. The van der Waals surface area contributed by atoms with Crippen molar-refractivity contribution in [3.8, 4) is 0 Å². The number of carbonyl (C=O) groups is 3. The number of halogens is 1. The minimum Gasteiger partial charge on any atom is -0.445 e. The van der Waals surface area contributed by atoms with Crippen LogP contribution in [0, 0.1) is 5.82 Å². The molecule has 9 heteroatoms. The average molecular weight is 472 g/mol. The molecule has 0 saturated carbocycles. The predicted octanol–water partition coefficient (Wildman–Crippen LogP) is 2.91. The third-order valence-electron chi connectivity index (χ3n) is 5.51. The fourth-order valence-electron chi connectivity index (χ4n) is 3.52. The number of hydrogen-bond donors (Lipinski definition) is 2. The maximum absolute atomic E-state index is 13.0. The van der Waals surface area contributed by atoms with Crippen molar-refractivity contribution in [3.05, 3.63) is 65.5 Å². The second kappa shape index (κ2) is 12.8. The Morgan fingerprint density at radius 3 is 2.32 bits per heavy atom. The summed E-state index contributed by atoms with van der Waals surface area (Å²) in [5, 5.41) is 5.42. The molecule has 0 bridgehead atoms. The molecule has 1 aliphatic rings. The Bertz CT molecular complexity index is 960. The van der Waals surface area contributed by atoms with Crippen LogP contribution in [0.4, 0.5) is 14.9 Å². The third-order valence-corrected chi connectivity index (χ3v) is 5.51. The first-order valence-corrected chi connectivity index (χ1v) is 11.3. The van der Waals surface area contributed by atoms with E-state index >= 15 is 0 Å². The molecule has 2 aromatic carbocycles. The van der Waals surface area contributed by atoms with Gasteiger partial charge in [0, 0.05) is 25.3 Å². The lowest BCUT2D eigenvalue weighted by atomic mass is 10.1. The lowest BCUT2D eigenvalue weighted by Crippen LogP contribution is -2.44. The molecule has 1 heterocycles. The van der Waals surface area contributed by atoms with Crippen molar-refractivity contribution in [1.29, 1.82) is 0 Å². The van der Waals surface area contributed by atoms with Gasteiger partial charge in [-0.25, -0.2) is 9.18 Å². The number of rotatable bonds is 10. The van der Waals surface area contributed by atoms with Crippen LogP contribution in [-0.2, 0) is 32.1 Å². The van der Waals surface area contributed by atoms with Gasteiger partial charge in [-0.1, -0.05) is 24.3 Å². The van der Waals surface area contributed by atoms with Crippen molar-refractivity contribution in [2.45, 2.75) is 32.4 Å². The summed E-state index contributed by atoms with van der Waals surface area (Å²) < 4.78 is 23.5. The van der Waals surface area contributed by atoms with Crippen LogP contribution in [0.15, 0.2) is 48.5 Å². The lowest BCUT2D eigenvalue weighted by Gasteiger charge is -2.27. The Labute approximate surface area is 198 Å². The van der Waals surface area contributed by atoms with Crippen LogP contribution >= 0.6 is 0 Å². The van der Waals surface area contributed by atoms with E-state index in [1.165, 1.54) is 19.1 Å². The second-order valence-electron chi connectivity index (χ2n) is 8.17. The summed E-state index contributed by atoms with van der Waals surface area (Å²) in [5.74, 6) is -0.686. The number of alkyl carbamates (subject to hydrolysis) is 1. The summed E-state index contributed by atoms with van der Waals surface area (Å²) >= 11 is 0. The van der Waals surface area contributed by atoms with Gasteiger partial charge >= 0.3 is 6.09 Å². The Morgan fingerprint density at radius 1 is 1.03 bits per heavy atom. The van der Waals surface area contributed by atoms with Gasteiger partial charge in [0.05, 0.1) is 25.7 Å². The Kier molecular flexibility index (Phi) is 9.54. The van der Waals surface area contributed by atoms with E-state index in [0.29, 0.717) is 37.4 Å². The summed E-state index contributed by atoms with van der Waals surface area (Å²) in [6.45, 7) is 5.17. The number of benzene rings is 2. The molecule has 1 aliphatic heterocycles. The van der Waals surface area contributed by atoms with Gasteiger partial charge in [-0.05, 0) is 48.7 Å².